The Balaban J connectivity index is 1.89. The van der Waals surface area contributed by atoms with E-state index in [1.807, 2.05) is 36.1 Å². The van der Waals surface area contributed by atoms with Crippen LogP contribution < -0.4 is 0 Å². The minimum absolute atomic E-state index is 0.133. The Morgan fingerprint density at radius 3 is 2.50 bits per heavy atom. The Morgan fingerprint density at radius 1 is 1.33 bits per heavy atom. The lowest BCUT2D eigenvalue weighted by Crippen LogP contribution is -2.39. The SMILES string of the molecule is Cc1ccc(CC(=O)N2CCC(C#N)CC2)cc1. The molecule has 0 radical (unpaired) electrons. The number of nitrogens with zero attached hydrogens (tertiary/aromatic N) is 2. The minimum Gasteiger partial charge on any atom is -0.342 e. The number of likely N-dealkylation sites (tertiary alicyclic amines) is 1. The van der Waals surface area contributed by atoms with Crippen molar-refractivity contribution >= 4 is 5.91 Å². The van der Waals surface area contributed by atoms with Gasteiger partial charge in [-0.05, 0) is 25.3 Å². The highest BCUT2D eigenvalue weighted by Gasteiger charge is 2.22. The third-order valence-electron chi connectivity index (χ3n) is 3.51. The van der Waals surface area contributed by atoms with Gasteiger partial charge in [0.1, 0.15) is 0 Å². The van der Waals surface area contributed by atoms with E-state index in [-0.39, 0.29) is 11.8 Å². The Labute approximate surface area is 108 Å². The fourth-order valence-corrected chi connectivity index (χ4v) is 2.25. The zero-order valence-electron chi connectivity index (χ0n) is 10.7. The molecule has 1 amide bonds. The third-order valence-corrected chi connectivity index (χ3v) is 3.51. The molecule has 0 aromatic heterocycles. The molecule has 1 heterocycles. The second-order valence-electron chi connectivity index (χ2n) is 4.95. The summed E-state index contributed by atoms with van der Waals surface area (Å²) in [6.07, 6.45) is 2.10. The number of amides is 1. The lowest BCUT2D eigenvalue weighted by molar-refractivity contribution is -0.131. The monoisotopic (exact) mass is 242 g/mol. The van der Waals surface area contributed by atoms with E-state index in [1.165, 1.54) is 5.56 Å². The second kappa shape index (κ2) is 5.68. The fourth-order valence-electron chi connectivity index (χ4n) is 2.25. The summed E-state index contributed by atoms with van der Waals surface area (Å²) in [7, 11) is 0. The van der Waals surface area contributed by atoms with E-state index < -0.39 is 0 Å². The van der Waals surface area contributed by atoms with Crippen LogP contribution in [0.5, 0.6) is 0 Å². The molecule has 0 bridgehead atoms. The number of piperidine rings is 1. The van der Waals surface area contributed by atoms with Gasteiger partial charge in [-0.15, -0.1) is 0 Å². The van der Waals surface area contributed by atoms with Gasteiger partial charge < -0.3 is 4.90 Å². The molecular formula is C15H18N2O. The average molecular weight is 242 g/mol. The van der Waals surface area contributed by atoms with Crippen LogP contribution in [0, 0.1) is 24.2 Å². The van der Waals surface area contributed by atoms with E-state index in [1.54, 1.807) is 0 Å². The molecule has 0 spiro atoms. The first-order valence-corrected chi connectivity index (χ1v) is 6.42. The summed E-state index contributed by atoms with van der Waals surface area (Å²) in [6, 6.07) is 10.4. The molecular weight excluding hydrogens is 224 g/mol. The van der Waals surface area contributed by atoms with Crippen molar-refractivity contribution in [3.63, 3.8) is 0 Å². The Morgan fingerprint density at radius 2 is 1.94 bits per heavy atom. The molecule has 0 saturated carbocycles. The predicted octanol–water partition coefficient (Wildman–Crippen LogP) is 2.30. The number of carbonyl (C=O) groups is 1. The van der Waals surface area contributed by atoms with Gasteiger partial charge >= 0.3 is 0 Å². The van der Waals surface area contributed by atoms with Crippen LogP contribution in [0.1, 0.15) is 24.0 Å². The number of carbonyl (C=O) groups excluding carboxylic acids is 1. The molecule has 1 aliphatic heterocycles. The zero-order valence-corrected chi connectivity index (χ0v) is 10.7. The van der Waals surface area contributed by atoms with Crippen molar-refractivity contribution < 1.29 is 4.79 Å². The van der Waals surface area contributed by atoms with Gasteiger partial charge in [-0.2, -0.15) is 5.26 Å². The third kappa shape index (κ3) is 3.10. The molecule has 1 aromatic rings. The van der Waals surface area contributed by atoms with Gasteiger partial charge in [0.2, 0.25) is 5.91 Å². The normalized spacial score (nSPS) is 16.3. The molecule has 3 heteroatoms. The van der Waals surface area contributed by atoms with E-state index in [4.69, 9.17) is 5.26 Å². The highest BCUT2D eigenvalue weighted by Crippen LogP contribution is 2.17. The van der Waals surface area contributed by atoms with E-state index >= 15 is 0 Å². The quantitative estimate of drug-likeness (QED) is 0.798. The van der Waals surface area contributed by atoms with Gasteiger partial charge in [-0.1, -0.05) is 29.8 Å². The summed E-state index contributed by atoms with van der Waals surface area (Å²) < 4.78 is 0. The van der Waals surface area contributed by atoms with Gasteiger partial charge in [0.25, 0.3) is 0 Å². The molecule has 0 aliphatic carbocycles. The van der Waals surface area contributed by atoms with Crippen LogP contribution >= 0.6 is 0 Å². The Hall–Kier alpha value is -1.82. The summed E-state index contributed by atoms with van der Waals surface area (Å²) in [5.41, 5.74) is 2.27. The molecule has 18 heavy (non-hydrogen) atoms. The van der Waals surface area contributed by atoms with Crippen molar-refractivity contribution in [1.29, 1.82) is 5.26 Å². The Kier molecular flexibility index (Phi) is 3.99. The maximum Gasteiger partial charge on any atom is 0.226 e. The van der Waals surface area contributed by atoms with Crippen molar-refractivity contribution in [2.45, 2.75) is 26.2 Å². The first-order valence-electron chi connectivity index (χ1n) is 6.42. The van der Waals surface area contributed by atoms with E-state index in [9.17, 15) is 4.79 Å². The van der Waals surface area contributed by atoms with Crippen LogP contribution in [0.2, 0.25) is 0 Å². The first-order chi connectivity index (χ1) is 8.69. The van der Waals surface area contributed by atoms with Crippen LogP contribution in [0.15, 0.2) is 24.3 Å². The van der Waals surface area contributed by atoms with Crippen LogP contribution in [0.25, 0.3) is 0 Å². The van der Waals surface area contributed by atoms with Crippen LogP contribution in [0.3, 0.4) is 0 Å². The van der Waals surface area contributed by atoms with E-state index in [0.29, 0.717) is 6.42 Å². The largest absolute Gasteiger partial charge is 0.342 e. The summed E-state index contributed by atoms with van der Waals surface area (Å²) in [5, 5.41) is 8.82. The number of aryl methyl sites for hydroxylation is 1. The molecule has 0 atom stereocenters. The van der Waals surface area contributed by atoms with Crippen molar-refractivity contribution in [3.8, 4) is 6.07 Å². The van der Waals surface area contributed by atoms with Gasteiger partial charge in [0.15, 0.2) is 0 Å². The first kappa shape index (κ1) is 12.6. The Bertz CT molecular complexity index is 450. The van der Waals surface area contributed by atoms with Crippen LogP contribution in [-0.2, 0) is 11.2 Å². The van der Waals surface area contributed by atoms with Crippen molar-refractivity contribution in [2.75, 3.05) is 13.1 Å². The van der Waals surface area contributed by atoms with Crippen LogP contribution in [-0.4, -0.2) is 23.9 Å². The fraction of sp³-hybridized carbons (Fsp3) is 0.467. The average Bonchev–Trinajstić information content (AvgIpc) is 2.41. The molecule has 2 rings (SSSR count). The molecule has 0 N–H and O–H groups in total. The zero-order chi connectivity index (χ0) is 13.0. The summed E-state index contributed by atoms with van der Waals surface area (Å²) in [4.78, 5) is 14.0. The lowest BCUT2D eigenvalue weighted by atomic mass is 9.98. The molecule has 1 aromatic carbocycles. The maximum absolute atomic E-state index is 12.1. The molecule has 0 unspecified atom stereocenters. The highest BCUT2D eigenvalue weighted by molar-refractivity contribution is 5.78. The summed E-state index contributed by atoms with van der Waals surface area (Å²) in [6.45, 7) is 3.49. The number of nitriles is 1. The number of rotatable bonds is 2. The molecule has 1 fully saturated rings. The van der Waals surface area contributed by atoms with E-state index in [2.05, 4.69) is 6.07 Å². The van der Waals surface area contributed by atoms with Crippen molar-refractivity contribution in [3.05, 3.63) is 35.4 Å². The van der Waals surface area contributed by atoms with Gasteiger partial charge in [-0.3, -0.25) is 4.79 Å². The molecule has 1 aliphatic rings. The van der Waals surface area contributed by atoms with Gasteiger partial charge in [0, 0.05) is 19.0 Å². The highest BCUT2D eigenvalue weighted by atomic mass is 16.2. The van der Waals surface area contributed by atoms with E-state index in [0.717, 1.165) is 31.5 Å². The van der Waals surface area contributed by atoms with Crippen LogP contribution in [0.4, 0.5) is 0 Å². The molecule has 94 valence electrons. The number of hydrogen-bond donors (Lipinski definition) is 0. The standard InChI is InChI=1S/C15H18N2O/c1-12-2-4-13(5-3-12)10-15(18)17-8-6-14(11-16)7-9-17/h2-5,14H,6-10H2,1H3. The number of benzene rings is 1. The summed E-state index contributed by atoms with van der Waals surface area (Å²) >= 11 is 0. The summed E-state index contributed by atoms with van der Waals surface area (Å²) in [5.74, 6) is 0.309. The topological polar surface area (TPSA) is 44.1 Å². The molecule has 1 saturated heterocycles. The second-order valence-corrected chi connectivity index (χ2v) is 4.95. The number of hydrogen-bond acceptors (Lipinski definition) is 2. The maximum atomic E-state index is 12.1. The lowest BCUT2D eigenvalue weighted by Gasteiger charge is -2.29. The predicted molar refractivity (Wildman–Crippen MR) is 69.8 cm³/mol. The van der Waals surface area contributed by atoms with Gasteiger partial charge in [0.05, 0.1) is 12.5 Å². The van der Waals surface area contributed by atoms with Crippen molar-refractivity contribution in [2.24, 2.45) is 5.92 Å². The smallest absolute Gasteiger partial charge is 0.226 e. The van der Waals surface area contributed by atoms with Gasteiger partial charge in [-0.25, -0.2) is 0 Å². The minimum atomic E-state index is 0.133. The van der Waals surface area contributed by atoms with Crippen molar-refractivity contribution in [1.82, 2.24) is 4.90 Å². The molecule has 3 nitrogen and oxygen atoms in total.